The van der Waals surface area contributed by atoms with Crippen molar-refractivity contribution in [2.45, 2.75) is 25.8 Å². The topological polar surface area (TPSA) is 12.0 Å². The molecule has 0 bridgehead atoms. The van der Waals surface area contributed by atoms with E-state index in [4.69, 9.17) is 11.6 Å². The molecule has 0 heterocycles. The van der Waals surface area contributed by atoms with Gasteiger partial charge in [-0.25, -0.2) is 4.39 Å². The zero-order valence-electron chi connectivity index (χ0n) is 8.48. The van der Waals surface area contributed by atoms with Gasteiger partial charge >= 0.3 is 0 Å². The number of hydrogen-bond acceptors (Lipinski definition) is 1. The first-order chi connectivity index (χ1) is 6.69. The van der Waals surface area contributed by atoms with E-state index in [0.29, 0.717) is 5.02 Å². The number of hydrogen-bond donors (Lipinski definition) is 1. The molecule has 0 aliphatic rings. The van der Waals surface area contributed by atoms with Gasteiger partial charge in [0.25, 0.3) is 0 Å². The maximum atomic E-state index is 12.8. The third-order valence-corrected chi connectivity index (χ3v) is 2.59. The number of rotatable bonds is 4. The van der Waals surface area contributed by atoms with Gasteiger partial charge < -0.3 is 5.32 Å². The van der Waals surface area contributed by atoms with Crippen LogP contribution in [0.25, 0.3) is 0 Å². The first-order valence-corrected chi connectivity index (χ1v) is 5.19. The summed E-state index contributed by atoms with van der Waals surface area (Å²) in [6.45, 7) is 2.11. The maximum Gasteiger partial charge on any atom is 0.124 e. The minimum absolute atomic E-state index is 0.216. The molecule has 0 fully saturated rings. The quantitative estimate of drug-likeness (QED) is 0.810. The summed E-state index contributed by atoms with van der Waals surface area (Å²) in [7, 11) is 1.89. The van der Waals surface area contributed by atoms with Crippen LogP contribution in [0.15, 0.2) is 18.2 Å². The Balaban J connectivity index is 2.92. The molecule has 0 aromatic heterocycles. The summed E-state index contributed by atoms with van der Waals surface area (Å²) < 4.78 is 12.8. The van der Waals surface area contributed by atoms with Gasteiger partial charge in [-0.05, 0) is 31.2 Å². The Morgan fingerprint density at radius 2 is 2.21 bits per heavy atom. The van der Waals surface area contributed by atoms with Gasteiger partial charge in [0.15, 0.2) is 0 Å². The van der Waals surface area contributed by atoms with E-state index in [0.717, 1.165) is 18.4 Å². The number of halogens is 2. The van der Waals surface area contributed by atoms with Gasteiger partial charge in [0, 0.05) is 11.1 Å². The van der Waals surface area contributed by atoms with Crippen LogP contribution in [0.5, 0.6) is 0 Å². The summed E-state index contributed by atoms with van der Waals surface area (Å²) in [5.74, 6) is -0.287. The van der Waals surface area contributed by atoms with Gasteiger partial charge in [-0.3, -0.25) is 0 Å². The second kappa shape index (κ2) is 5.32. The Kier molecular flexibility index (Phi) is 4.36. The number of benzene rings is 1. The number of nitrogens with one attached hydrogen (secondary N) is 1. The summed E-state index contributed by atoms with van der Waals surface area (Å²) in [6.07, 6.45) is 2.07. The van der Waals surface area contributed by atoms with Crippen LogP contribution in [0.1, 0.15) is 31.4 Å². The Hall–Kier alpha value is -0.600. The van der Waals surface area contributed by atoms with Gasteiger partial charge in [0.1, 0.15) is 5.82 Å². The fourth-order valence-corrected chi connectivity index (χ4v) is 1.83. The van der Waals surface area contributed by atoms with Gasteiger partial charge in [-0.15, -0.1) is 0 Å². The van der Waals surface area contributed by atoms with Crippen LogP contribution in [0.4, 0.5) is 4.39 Å². The van der Waals surface area contributed by atoms with E-state index in [9.17, 15) is 4.39 Å². The highest BCUT2D eigenvalue weighted by molar-refractivity contribution is 6.31. The van der Waals surface area contributed by atoms with Crippen LogP contribution in [0.2, 0.25) is 5.02 Å². The molecule has 0 radical (unpaired) electrons. The highest BCUT2D eigenvalue weighted by Crippen LogP contribution is 2.26. The predicted octanol–water partition coefficient (Wildman–Crippen LogP) is 3.54. The molecule has 1 aromatic carbocycles. The summed E-state index contributed by atoms with van der Waals surface area (Å²) in [4.78, 5) is 0. The van der Waals surface area contributed by atoms with Crippen molar-refractivity contribution < 1.29 is 4.39 Å². The lowest BCUT2D eigenvalue weighted by Gasteiger charge is -2.16. The van der Waals surface area contributed by atoms with Gasteiger partial charge in [0.2, 0.25) is 0 Å². The van der Waals surface area contributed by atoms with Gasteiger partial charge in [-0.2, -0.15) is 0 Å². The van der Waals surface area contributed by atoms with Crippen molar-refractivity contribution in [3.8, 4) is 0 Å². The summed E-state index contributed by atoms with van der Waals surface area (Å²) in [5.41, 5.74) is 0.970. The molecule has 0 spiro atoms. The highest BCUT2D eigenvalue weighted by Gasteiger charge is 2.11. The van der Waals surface area contributed by atoms with Crippen molar-refractivity contribution in [1.29, 1.82) is 0 Å². The van der Waals surface area contributed by atoms with E-state index in [1.165, 1.54) is 12.1 Å². The third-order valence-electron chi connectivity index (χ3n) is 2.26. The zero-order valence-corrected chi connectivity index (χ0v) is 9.24. The fourth-order valence-electron chi connectivity index (χ4n) is 1.53. The zero-order chi connectivity index (χ0) is 10.6. The lowest BCUT2D eigenvalue weighted by Crippen LogP contribution is -2.16. The molecule has 1 rings (SSSR count). The van der Waals surface area contributed by atoms with Crippen LogP contribution in [0.3, 0.4) is 0 Å². The van der Waals surface area contributed by atoms with Crippen molar-refractivity contribution in [1.82, 2.24) is 5.32 Å². The molecule has 0 saturated carbocycles. The van der Waals surface area contributed by atoms with Crippen LogP contribution in [-0.2, 0) is 0 Å². The maximum absolute atomic E-state index is 12.8. The molecule has 78 valence electrons. The molecule has 0 aliphatic heterocycles. The van der Waals surface area contributed by atoms with Gasteiger partial charge in [0.05, 0.1) is 0 Å². The first kappa shape index (κ1) is 11.5. The van der Waals surface area contributed by atoms with Crippen LogP contribution in [0, 0.1) is 5.82 Å². The molecule has 1 N–H and O–H groups in total. The lowest BCUT2D eigenvalue weighted by molar-refractivity contribution is 0.539. The van der Waals surface area contributed by atoms with E-state index in [1.54, 1.807) is 6.07 Å². The minimum atomic E-state index is -0.287. The monoisotopic (exact) mass is 215 g/mol. The molecule has 0 aliphatic carbocycles. The second-order valence-electron chi connectivity index (χ2n) is 3.30. The Morgan fingerprint density at radius 3 is 2.71 bits per heavy atom. The summed E-state index contributed by atoms with van der Waals surface area (Å²) in [5, 5.41) is 3.67. The van der Waals surface area contributed by atoms with Crippen molar-refractivity contribution in [3.05, 3.63) is 34.6 Å². The predicted molar refractivity (Wildman–Crippen MR) is 58.1 cm³/mol. The molecule has 1 atom stereocenters. The summed E-state index contributed by atoms with van der Waals surface area (Å²) in [6, 6.07) is 4.76. The van der Waals surface area contributed by atoms with Crippen molar-refractivity contribution >= 4 is 11.6 Å². The second-order valence-corrected chi connectivity index (χ2v) is 3.70. The molecule has 1 unspecified atom stereocenters. The molecular formula is C11H15ClFN. The molecule has 0 amide bonds. The van der Waals surface area contributed by atoms with Crippen molar-refractivity contribution in [3.63, 3.8) is 0 Å². The standard InChI is InChI=1S/C11H15ClFN/c1-3-4-11(14-2)9-6-5-8(13)7-10(9)12/h5-7,11,14H,3-4H2,1-2H3. The van der Waals surface area contributed by atoms with Crippen molar-refractivity contribution in [2.75, 3.05) is 7.05 Å². The molecule has 1 nitrogen and oxygen atoms in total. The average Bonchev–Trinajstić information content (AvgIpc) is 2.15. The van der Waals surface area contributed by atoms with E-state index in [1.807, 2.05) is 7.05 Å². The Labute approximate surface area is 89.3 Å². The Morgan fingerprint density at radius 1 is 1.50 bits per heavy atom. The molecule has 1 aromatic rings. The highest BCUT2D eigenvalue weighted by atomic mass is 35.5. The fraction of sp³-hybridized carbons (Fsp3) is 0.455. The molecule has 3 heteroatoms. The van der Waals surface area contributed by atoms with E-state index in [-0.39, 0.29) is 11.9 Å². The lowest BCUT2D eigenvalue weighted by atomic mass is 10.0. The average molecular weight is 216 g/mol. The van der Waals surface area contributed by atoms with Gasteiger partial charge in [-0.1, -0.05) is 31.0 Å². The largest absolute Gasteiger partial charge is 0.313 e. The van der Waals surface area contributed by atoms with E-state index in [2.05, 4.69) is 12.2 Å². The SMILES string of the molecule is CCCC(NC)c1ccc(F)cc1Cl. The van der Waals surface area contributed by atoms with Crippen LogP contribution in [-0.4, -0.2) is 7.05 Å². The third kappa shape index (κ3) is 2.69. The molecule has 14 heavy (non-hydrogen) atoms. The van der Waals surface area contributed by atoms with Crippen LogP contribution < -0.4 is 5.32 Å². The Bertz CT molecular complexity index is 301. The van der Waals surface area contributed by atoms with Crippen molar-refractivity contribution in [2.24, 2.45) is 0 Å². The van der Waals surface area contributed by atoms with Crippen LogP contribution >= 0.6 is 11.6 Å². The van der Waals surface area contributed by atoms with E-state index < -0.39 is 0 Å². The first-order valence-electron chi connectivity index (χ1n) is 4.81. The molecule has 0 saturated heterocycles. The molecular weight excluding hydrogens is 201 g/mol. The normalized spacial score (nSPS) is 12.9. The smallest absolute Gasteiger partial charge is 0.124 e. The summed E-state index contributed by atoms with van der Waals surface area (Å²) >= 11 is 5.96. The minimum Gasteiger partial charge on any atom is -0.313 e. The van der Waals surface area contributed by atoms with E-state index >= 15 is 0 Å².